The van der Waals surface area contributed by atoms with Crippen molar-refractivity contribution < 1.29 is 4.39 Å². The maximum absolute atomic E-state index is 13.4. The second-order valence-corrected chi connectivity index (χ2v) is 6.27. The minimum atomic E-state index is -0.240. The van der Waals surface area contributed by atoms with Crippen molar-refractivity contribution in [2.75, 3.05) is 10.6 Å². The second-order valence-electron chi connectivity index (χ2n) is 6.27. The Morgan fingerprint density at radius 3 is 2.54 bits per heavy atom. The standard InChI is InChI=1S/C21H23FN4/c1-3-15(2)24-21-25-19(17-9-5-4-6-10-17)13-20(26-21)23-14-16-8-7-11-18(22)12-16/h4-13,15H,3,14H2,1-2H3,(H2,23,24,25,26)/t15-/m0/s1. The van der Waals surface area contributed by atoms with E-state index in [1.807, 2.05) is 42.5 Å². The molecule has 0 radical (unpaired) electrons. The van der Waals surface area contributed by atoms with Crippen molar-refractivity contribution in [1.29, 1.82) is 0 Å². The van der Waals surface area contributed by atoms with Gasteiger partial charge < -0.3 is 10.6 Å². The number of nitrogens with one attached hydrogen (secondary N) is 2. The molecule has 2 N–H and O–H groups in total. The molecule has 0 saturated carbocycles. The summed E-state index contributed by atoms with van der Waals surface area (Å²) >= 11 is 0. The summed E-state index contributed by atoms with van der Waals surface area (Å²) < 4.78 is 13.4. The molecule has 0 bridgehead atoms. The Bertz CT molecular complexity index is 852. The van der Waals surface area contributed by atoms with Crippen molar-refractivity contribution >= 4 is 11.8 Å². The lowest BCUT2D eigenvalue weighted by atomic mass is 10.1. The van der Waals surface area contributed by atoms with E-state index >= 15 is 0 Å². The molecule has 4 nitrogen and oxygen atoms in total. The minimum absolute atomic E-state index is 0.240. The third-order valence-electron chi connectivity index (χ3n) is 4.15. The number of benzene rings is 2. The summed E-state index contributed by atoms with van der Waals surface area (Å²) in [5.74, 6) is 1.05. The quantitative estimate of drug-likeness (QED) is 0.622. The molecule has 5 heteroatoms. The molecule has 1 atom stereocenters. The van der Waals surface area contributed by atoms with Gasteiger partial charge in [0, 0.05) is 24.2 Å². The van der Waals surface area contributed by atoms with Crippen LogP contribution in [0.1, 0.15) is 25.8 Å². The number of aromatic nitrogens is 2. The van der Waals surface area contributed by atoms with Crippen LogP contribution in [-0.4, -0.2) is 16.0 Å². The Labute approximate surface area is 153 Å². The molecule has 3 aromatic rings. The Morgan fingerprint density at radius 1 is 1.00 bits per heavy atom. The van der Waals surface area contributed by atoms with Crippen molar-refractivity contribution in [3.8, 4) is 11.3 Å². The molecule has 0 spiro atoms. The predicted molar refractivity (Wildman–Crippen MR) is 105 cm³/mol. The smallest absolute Gasteiger partial charge is 0.225 e. The van der Waals surface area contributed by atoms with Crippen LogP contribution in [0, 0.1) is 5.82 Å². The highest BCUT2D eigenvalue weighted by Crippen LogP contribution is 2.22. The highest BCUT2D eigenvalue weighted by atomic mass is 19.1. The first kappa shape index (κ1) is 17.9. The number of halogens is 1. The minimum Gasteiger partial charge on any atom is -0.366 e. The molecule has 0 amide bonds. The van der Waals surface area contributed by atoms with Gasteiger partial charge in [0.15, 0.2) is 0 Å². The van der Waals surface area contributed by atoms with Gasteiger partial charge in [0.05, 0.1) is 5.69 Å². The number of hydrogen-bond donors (Lipinski definition) is 2. The van der Waals surface area contributed by atoms with Crippen LogP contribution in [0.3, 0.4) is 0 Å². The van der Waals surface area contributed by atoms with Crippen LogP contribution in [0.5, 0.6) is 0 Å². The van der Waals surface area contributed by atoms with Crippen LogP contribution in [-0.2, 0) is 6.54 Å². The van der Waals surface area contributed by atoms with E-state index in [-0.39, 0.29) is 11.9 Å². The molecule has 1 heterocycles. The van der Waals surface area contributed by atoms with E-state index in [4.69, 9.17) is 0 Å². The van der Waals surface area contributed by atoms with Crippen LogP contribution >= 0.6 is 0 Å². The largest absolute Gasteiger partial charge is 0.366 e. The van der Waals surface area contributed by atoms with Gasteiger partial charge in [-0.15, -0.1) is 0 Å². The molecule has 0 saturated heterocycles. The summed E-state index contributed by atoms with van der Waals surface area (Å²) in [6.07, 6.45) is 0.977. The van der Waals surface area contributed by atoms with E-state index in [0.29, 0.717) is 18.3 Å². The molecule has 3 rings (SSSR count). The zero-order chi connectivity index (χ0) is 18.4. The van der Waals surface area contributed by atoms with Gasteiger partial charge in [0.2, 0.25) is 5.95 Å². The summed E-state index contributed by atoms with van der Waals surface area (Å²) in [4.78, 5) is 9.20. The summed E-state index contributed by atoms with van der Waals surface area (Å²) in [7, 11) is 0. The maximum Gasteiger partial charge on any atom is 0.225 e. The fraction of sp³-hybridized carbons (Fsp3) is 0.238. The molecular weight excluding hydrogens is 327 g/mol. The monoisotopic (exact) mass is 350 g/mol. The first-order valence-corrected chi connectivity index (χ1v) is 8.83. The molecular formula is C21H23FN4. The van der Waals surface area contributed by atoms with Crippen molar-refractivity contribution in [3.05, 3.63) is 72.0 Å². The van der Waals surface area contributed by atoms with E-state index in [9.17, 15) is 4.39 Å². The van der Waals surface area contributed by atoms with E-state index in [0.717, 1.165) is 23.2 Å². The van der Waals surface area contributed by atoms with Gasteiger partial charge in [-0.25, -0.2) is 9.37 Å². The summed E-state index contributed by atoms with van der Waals surface area (Å²) in [5.41, 5.74) is 2.73. The fourth-order valence-corrected chi connectivity index (χ4v) is 2.52. The van der Waals surface area contributed by atoms with Gasteiger partial charge in [-0.05, 0) is 31.0 Å². The average Bonchev–Trinajstić information content (AvgIpc) is 2.67. The van der Waals surface area contributed by atoms with Crippen LogP contribution in [0.2, 0.25) is 0 Å². The normalized spacial score (nSPS) is 11.8. The van der Waals surface area contributed by atoms with E-state index in [1.165, 1.54) is 12.1 Å². The van der Waals surface area contributed by atoms with Crippen LogP contribution in [0.4, 0.5) is 16.2 Å². The van der Waals surface area contributed by atoms with Crippen molar-refractivity contribution in [2.45, 2.75) is 32.9 Å². The second kappa shape index (κ2) is 8.43. The van der Waals surface area contributed by atoms with Gasteiger partial charge in [0.25, 0.3) is 0 Å². The summed E-state index contributed by atoms with van der Waals surface area (Å²) in [6.45, 7) is 4.70. The first-order valence-electron chi connectivity index (χ1n) is 8.83. The topological polar surface area (TPSA) is 49.8 Å². The Kier molecular flexibility index (Phi) is 5.79. The number of nitrogens with zero attached hydrogens (tertiary/aromatic N) is 2. The molecule has 0 unspecified atom stereocenters. The third kappa shape index (κ3) is 4.79. The SMILES string of the molecule is CC[C@H](C)Nc1nc(NCc2cccc(F)c2)cc(-c2ccccc2)n1. The molecule has 0 aliphatic heterocycles. The van der Waals surface area contributed by atoms with Crippen LogP contribution in [0.15, 0.2) is 60.7 Å². The molecule has 134 valence electrons. The number of hydrogen-bond acceptors (Lipinski definition) is 4. The van der Waals surface area contributed by atoms with Crippen LogP contribution < -0.4 is 10.6 Å². The van der Waals surface area contributed by atoms with E-state index in [2.05, 4.69) is 34.4 Å². The maximum atomic E-state index is 13.4. The zero-order valence-corrected chi connectivity index (χ0v) is 15.0. The van der Waals surface area contributed by atoms with E-state index in [1.54, 1.807) is 6.07 Å². The highest BCUT2D eigenvalue weighted by molar-refractivity contribution is 5.64. The van der Waals surface area contributed by atoms with Crippen LogP contribution in [0.25, 0.3) is 11.3 Å². The van der Waals surface area contributed by atoms with Gasteiger partial charge >= 0.3 is 0 Å². The van der Waals surface area contributed by atoms with Gasteiger partial charge in [-0.3, -0.25) is 0 Å². The molecule has 0 aliphatic rings. The first-order chi connectivity index (χ1) is 12.6. The lowest BCUT2D eigenvalue weighted by molar-refractivity contribution is 0.626. The zero-order valence-electron chi connectivity index (χ0n) is 15.0. The van der Waals surface area contributed by atoms with Gasteiger partial charge in [-0.2, -0.15) is 4.98 Å². The van der Waals surface area contributed by atoms with Crippen molar-refractivity contribution in [1.82, 2.24) is 9.97 Å². The Hall–Kier alpha value is -2.95. The fourth-order valence-electron chi connectivity index (χ4n) is 2.52. The summed E-state index contributed by atoms with van der Waals surface area (Å²) in [5, 5.41) is 6.60. The van der Waals surface area contributed by atoms with Crippen molar-refractivity contribution in [3.63, 3.8) is 0 Å². The molecule has 1 aromatic heterocycles. The molecule has 2 aromatic carbocycles. The predicted octanol–water partition coefficient (Wildman–Crippen LogP) is 5.11. The molecule has 0 fully saturated rings. The van der Waals surface area contributed by atoms with Gasteiger partial charge in [0.1, 0.15) is 11.6 Å². The Balaban J connectivity index is 1.86. The number of rotatable bonds is 7. The third-order valence-corrected chi connectivity index (χ3v) is 4.15. The Morgan fingerprint density at radius 2 is 1.81 bits per heavy atom. The highest BCUT2D eigenvalue weighted by Gasteiger charge is 2.09. The lowest BCUT2D eigenvalue weighted by Gasteiger charge is -2.14. The average molecular weight is 350 g/mol. The van der Waals surface area contributed by atoms with Gasteiger partial charge in [-0.1, -0.05) is 49.4 Å². The molecule has 26 heavy (non-hydrogen) atoms. The molecule has 0 aliphatic carbocycles. The van der Waals surface area contributed by atoms with E-state index < -0.39 is 0 Å². The number of anilines is 2. The van der Waals surface area contributed by atoms with Crippen molar-refractivity contribution in [2.24, 2.45) is 0 Å². The summed E-state index contributed by atoms with van der Waals surface area (Å²) in [6, 6.07) is 18.7. The lowest BCUT2D eigenvalue weighted by Crippen LogP contribution is -2.16.